The first-order valence-corrected chi connectivity index (χ1v) is 6.28. The van der Waals surface area contributed by atoms with Crippen LogP contribution in [0.5, 0.6) is 0 Å². The van der Waals surface area contributed by atoms with Crippen molar-refractivity contribution in [1.29, 1.82) is 0 Å². The molecule has 1 fully saturated rings. The van der Waals surface area contributed by atoms with E-state index in [0.29, 0.717) is 5.02 Å². The van der Waals surface area contributed by atoms with Crippen molar-refractivity contribution in [2.24, 2.45) is 0 Å². The Kier molecular flexibility index (Phi) is 5.93. The lowest BCUT2D eigenvalue weighted by Gasteiger charge is -2.32. The summed E-state index contributed by atoms with van der Waals surface area (Å²) in [6.07, 6.45) is 3.36. The number of carboxylic acids is 1. The lowest BCUT2D eigenvalue weighted by Crippen LogP contribution is -2.37. The fraction of sp³-hybridized carbons (Fsp3) is 0.462. The summed E-state index contributed by atoms with van der Waals surface area (Å²) in [5, 5.41) is 10.0. The highest BCUT2D eigenvalue weighted by Crippen LogP contribution is 2.25. The zero-order chi connectivity index (χ0) is 12.3. The molecular weight excluding hydrogens is 273 g/mol. The molecule has 0 aromatic heterocycles. The molecule has 1 saturated heterocycles. The van der Waals surface area contributed by atoms with Crippen LogP contribution in [0.2, 0.25) is 5.02 Å². The molecule has 1 N–H and O–H groups in total. The van der Waals surface area contributed by atoms with Crippen molar-refractivity contribution in [3.8, 4) is 0 Å². The van der Waals surface area contributed by atoms with E-state index in [4.69, 9.17) is 11.6 Å². The zero-order valence-electron chi connectivity index (χ0n) is 10.0. The summed E-state index contributed by atoms with van der Waals surface area (Å²) in [5.74, 6) is -0.783. The normalized spacial score (nSPS) is 17.8. The molecule has 5 heteroatoms. The average Bonchev–Trinajstić information content (AvgIpc) is 2.33. The number of rotatable bonds is 3. The molecule has 1 unspecified atom stereocenters. The molecule has 1 aliphatic rings. The first-order chi connectivity index (χ1) is 8.18. The molecule has 3 nitrogen and oxygen atoms in total. The van der Waals surface area contributed by atoms with Gasteiger partial charge in [-0.05, 0) is 43.6 Å². The van der Waals surface area contributed by atoms with E-state index in [2.05, 4.69) is 0 Å². The van der Waals surface area contributed by atoms with Gasteiger partial charge < -0.3 is 5.11 Å². The Morgan fingerprint density at radius 3 is 2.22 bits per heavy atom. The minimum Gasteiger partial charge on any atom is -0.480 e. The molecule has 0 amide bonds. The van der Waals surface area contributed by atoms with Crippen LogP contribution in [0.15, 0.2) is 24.3 Å². The molecule has 2 rings (SSSR count). The standard InChI is InChI=1S/C13H16ClNO2.ClH/c14-11-6-4-10(5-7-11)12(13(16)17)15-8-2-1-3-9-15;/h4-7,12H,1-3,8-9H2,(H,16,17);1H. The van der Waals surface area contributed by atoms with Crippen LogP contribution in [0.1, 0.15) is 30.9 Å². The second-order valence-corrected chi connectivity index (χ2v) is 4.83. The largest absolute Gasteiger partial charge is 0.480 e. The number of carboxylic acid groups (broad SMARTS) is 1. The molecule has 0 aliphatic carbocycles. The van der Waals surface area contributed by atoms with Crippen molar-refractivity contribution in [1.82, 2.24) is 4.90 Å². The monoisotopic (exact) mass is 289 g/mol. The number of benzene rings is 1. The summed E-state index contributed by atoms with van der Waals surface area (Å²) in [7, 11) is 0. The number of likely N-dealkylation sites (tertiary alicyclic amines) is 1. The van der Waals surface area contributed by atoms with Crippen molar-refractivity contribution in [3.05, 3.63) is 34.9 Å². The van der Waals surface area contributed by atoms with Crippen molar-refractivity contribution < 1.29 is 9.90 Å². The Morgan fingerprint density at radius 1 is 1.17 bits per heavy atom. The van der Waals surface area contributed by atoms with E-state index in [1.165, 1.54) is 6.42 Å². The van der Waals surface area contributed by atoms with Gasteiger partial charge in [-0.15, -0.1) is 12.4 Å². The quantitative estimate of drug-likeness (QED) is 0.927. The smallest absolute Gasteiger partial charge is 0.325 e. The summed E-state index contributed by atoms with van der Waals surface area (Å²) in [4.78, 5) is 13.4. The van der Waals surface area contributed by atoms with Crippen LogP contribution in [0, 0.1) is 0 Å². The SMILES string of the molecule is Cl.O=C(O)C(c1ccc(Cl)cc1)N1CCCCC1. The lowest BCUT2D eigenvalue weighted by molar-refractivity contribution is -0.144. The predicted octanol–water partition coefficient (Wildman–Crippen LogP) is 3.37. The molecule has 1 heterocycles. The van der Waals surface area contributed by atoms with Crippen LogP contribution >= 0.6 is 24.0 Å². The number of nitrogens with zero attached hydrogens (tertiary/aromatic N) is 1. The second-order valence-electron chi connectivity index (χ2n) is 4.39. The minimum absolute atomic E-state index is 0. The van der Waals surface area contributed by atoms with Crippen LogP contribution in [0.25, 0.3) is 0 Å². The van der Waals surface area contributed by atoms with E-state index in [1.807, 2.05) is 4.90 Å². The third-order valence-electron chi connectivity index (χ3n) is 3.18. The third-order valence-corrected chi connectivity index (χ3v) is 3.43. The Bertz CT molecular complexity index is 388. The van der Waals surface area contributed by atoms with E-state index < -0.39 is 12.0 Å². The van der Waals surface area contributed by atoms with Crippen molar-refractivity contribution in [2.45, 2.75) is 25.3 Å². The number of aliphatic carboxylic acids is 1. The maximum atomic E-state index is 11.4. The third kappa shape index (κ3) is 3.61. The molecule has 18 heavy (non-hydrogen) atoms. The van der Waals surface area contributed by atoms with E-state index in [0.717, 1.165) is 31.5 Å². The Labute approximate surface area is 118 Å². The van der Waals surface area contributed by atoms with Crippen molar-refractivity contribution in [3.63, 3.8) is 0 Å². The highest BCUT2D eigenvalue weighted by molar-refractivity contribution is 6.30. The van der Waals surface area contributed by atoms with Gasteiger partial charge in [0.25, 0.3) is 0 Å². The van der Waals surface area contributed by atoms with E-state index >= 15 is 0 Å². The maximum Gasteiger partial charge on any atom is 0.325 e. The van der Waals surface area contributed by atoms with Gasteiger partial charge in [-0.1, -0.05) is 30.2 Å². The molecule has 100 valence electrons. The number of carbonyl (C=O) groups is 1. The second kappa shape index (κ2) is 6.98. The summed E-state index contributed by atoms with van der Waals surface area (Å²) in [5.41, 5.74) is 0.809. The highest BCUT2D eigenvalue weighted by atomic mass is 35.5. The molecule has 0 radical (unpaired) electrons. The topological polar surface area (TPSA) is 40.5 Å². The molecule has 0 saturated carbocycles. The first-order valence-electron chi connectivity index (χ1n) is 5.91. The van der Waals surface area contributed by atoms with Gasteiger partial charge in [0.1, 0.15) is 6.04 Å². The van der Waals surface area contributed by atoms with Gasteiger partial charge in [0, 0.05) is 5.02 Å². The van der Waals surface area contributed by atoms with Crippen molar-refractivity contribution >= 4 is 30.0 Å². The van der Waals surface area contributed by atoms with E-state index in [1.54, 1.807) is 24.3 Å². The number of piperidine rings is 1. The fourth-order valence-corrected chi connectivity index (χ4v) is 2.46. The molecule has 1 aliphatic heterocycles. The van der Waals surface area contributed by atoms with Gasteiger partial charge in [-0.25, -0.2) is 0 Å². The van der Waals surface area contributed by atoms with Crippen LogP contribution < -0.4 is 0 Å². The molecular formula is C13H17Cl2NO2. The van der Waals surface area contributed by atoms with Crippen LogP contribution in [-0.4, -0.2) is 29.1 Å². The van der Waals surface area contributed by atoms with Crippen LogP contribution in [-0.2, 0) is 4.79 Å². The Hall–Kier alpha value is -0.770. The van der Waals surface area contributed by atoms with Gasteiger partial charge in [0.05, 0.1) is 0 Å². The molecule has 0 bridgehead atoms. The summed E-state index contributed by atoms with van der Waals surface area (Å²) >= 11 is 5.82. The molecule has 0 spiro atoms. The maximum absolute atomic E-state index is 11.4. The Morgan fingerprint density at radius 2 is 1.72 bits per heavy atom. The van der Waals surface area contributed by atoms with Gasteiger partial charge in [-0.3, -0.25) is 9.69 Å². The summed E-state index contributed by atoms with van der Waals surface area (Å²) in [6, 6.07) is 6.56. The number of hydrogen-bond donors (Lipinski definition) is 1. The molecule has 1 atom stereocenters. The fourth-order valence-electron chi connectivity index (χ4n) is 2.33. The number of hydrogen-bond acceptors (Lipinski definition) is 2. The van der Waals surface area contributed by atoms with Crippen LogP contribution in [0.3, 0.4) is 0 Å². The Balaban J connectivity index is 0.00000162. The zero-order valence-corrected chi connectivity index (χ0v) is 11.6. The number of halogens is 2. The molecule has 1 aromatic carbocycles. The van der Waals surface area contributed by atoms with Gasteiger partial charge >= 0.3 is 5.97 Å². The van der Waals surface area contributed by atoms with E-state index in [9.17, 15) is 9.90 Å². The highest BCUT2D eigenvalue weighted by Gasteiger charge is 2.28. The van der Waals surface area contributed by atoms with E-state index in [-0.39, 0.29) is 12.4 Å². The van der Waals surface area contributed by atoms with Crippen molar-refractivity contribution in [2.75, 3.05) is 13.1 Å². The lowest BCUT2D eigenvalue weighted by atomic mass is 10.0. The average molecular weight is 290 g/mol. The van der Waals surface area contributed by atoms with Gasteiger partial charge in [0.2, 0.25) is 0 Å². The minimum atomic E-state index is -0.783. The molecule has 1 aromatic rings. The predicted molar refractivity (Wildman–Crippen MR) is 74.5 cm³/mol. The summed E-state index contributed by atoms with van der Waals surface area (Å²) in [6.45, 7) is 1.72. The first kappa shape index (κ1) is 15.3. The summed E-state index contributed by atoms with van der Waals surface area (Å²) < 4.78 is 0. The van der Waals surface area contributed by atoms with Gasteiger partial charge in [0.15, 0.2) is 0 Å². The van der Waals surface area contributed by atoms with Gasteiger partial charge in [-0.2, -0.15) is 0 Å². The van der Waals surface area contributed by atoms with Crippen LogP contribution in [0.4, 0.5) is 0 Å².